The summed E-state index contributed by atoms with van der Waals surface area (Å²) in [4.78, 5) is 24.9. The number of hydrogen-bond acceptors (Lipinski definition) is 2. The van der Waals surface area contributed by atoms with E-state index in [2.05, 4.69) is 19.2 Å². The molecule has 0 radical (unpaired) electrons. The Morgan fingerprint density at radius 2 is 1.90 bits per heavy atom. The second-order valence-corrected chi connectivity index (χ2v) is 7.44. The molecule has 2 fully saturated rings. The lowest BCUT2D eigenvalue weighted by atomic mass is 9.75. The van der Waals surface area contributed by atoms with Gasteiger partial charge in [-0.1, -0.05) is 13.8 Å². The van der Waals surface area contributed by atoms with Crippen LogP contribution >= 0.6 is 0 Å². The van der Waals surface area contributed by atoms with Crippen LogP contribution in [0.1, 0.15) is 58.8 Å². The van der Waals surface area contributed by atoms with Crippen molar-refractivity contribution in [1.82, 2.24) is 10.2 Å². The van der Waals surface area contributed by atoms with E-state index in [1.165, 1.54) is 0 Å². The van der Waals surface area contributed by atoms with Gasteiger partial charge in [-0.05, 0) is 49.9 Å². The molecule has 1 unspecified atom stereocenters. The molecule has 0 bridgehead atoms. The first kappa shape index (κ1) is 16.1. The molecule has 2 N–H and O–H groups in total. The lowest BCUT2D eigenvalue weighted by Gasteiger charge is -2.37. The molecule has 2 aliphatic rings. The molecule has 0 aromatic carbocycles. The summed E-state index contributed by atoms with van der Waals surface area (Å²) in [5, 5.41) is 12.0. The van der Waals surface area contributed by atoms with Crippen molar-refractivity contribution in [3.05, 3.63) is 0 Å². The molecule has 0 aromatic rings. The number of piperidine rings is 1. The summed E-state index contributed by atoms with van der Waals surface area (Å²) in [5.41, 5.74) is 0.402. The molecule has 2 rings (SSSR count). The molecule has 1 heterocycles. The fraction of sp³-hybridized carbons (Fsp3) is 0.875. The van der Waals surface area contributed by atoms with Crippen molar-refractivity contribution >= 4 is 12.0 Å². The Labute approximate surface area is 127 Å². The lowest BCUT2D eigenvalue weighted by molar-refractivity contribution is -0.138. The third kappa shape index (κ3) is 4.90. The van der Waals surface area contributed by atoms with Crippen LogP contribution in [0.15, 0.2) is 0 Å². The van der Waals surface area contributed by atoms with Crippen LogP contribution < -0.4 is 5.32 Å². The lowest BCUT2D eigenvalue weighted by Crippen LogP contribution is -2.50. The van der Waals surface area contributed by atoms with E-state index in [1.807, 2.05) is 0 Å². The van der Waals surface area contributed by atoms with Gasteiger partial charge >= 0.3 is 12.0 Å². The summed E-state index contributed by atoms with van der Waals surface area (Å²) in [6.45, 7) is 5.90. The van der Waals surface area contributed by atoms with Gasteiger partial charge in [0.05, 0.1) is 0 Å². The molecule has 1 atom stereocenters. The molecular formula is C16H28N2O3. The molecule has 0 spiro atoms. The normalized spacial score (nSPS) is 26.4. The first-order valence-electron chi connectivity index (χ1n) is 8.13. The minimum Gasteiger partial charge on any atom is -0.481 e. The topological polar surface area (TPSA) is 69.6 Å². The van der Waals surface area contributed by atoms with E-state index in [1.54, 1.807) is 4.90 Å². The number of hydrogen-bond donors (Lipinski definition) is 2. The summed E-state index contributed by atoms with van der Waals surface area (Å²) in [7, 11) is 0. The van der Waals surface area contributed by atoms with Gasteiger partial charge in [-0.15, -0.1) is 0 Å². The SMILES string of the molecule is CC1(C)CCC(NC(=O)N2CCCC(CC(=O)O)C2)CC1. The highest BCUT2D eigenvalue weighted by Crippen LogP contribution is 2.35. The molecule has 5 heteroatoms. The largest absolute Gasteiger partial charge is 0.481 e. The maximum atomic E-state index is 12.3. The molecule has 0 aromatic heterocycles. The molecule has 120 valence electrons. The van der Waals surface area contributed by atoms with E-state index in [9.17, 15) is 9.59 Å². The Morgan fingerprint density at radius 3 is 2.52 bits per heavy atom. The molecule has 1 saturated carbocycles. The monoisotopic (exact) mass is 296 g/mol. The van der Waals surface area contributed by atoms with Crippen molar-refractivity contribution in [3.63, 3.8) is 0 Å². The van der Waals surface area contributed by atoms with Gasteiger partial charge in [0.2, 0.25) is 0 Å². The van der Waals surface area contributed by atoms with E-state index >= 15 is 0 Å². The van der Waals surface area contributed by atoms with Crippen LogP contribution in [0.4, 0.5) is 4.79 Å². The molecule has 2 amide bonds. The van der Waals surface area contributed by atoms with Gasteiger partial charge < -0.3 is 15.3 Å². The zero-order chi connectivity index (χ0) is 15.5. The third-order valence-electron chi connectivity index (χ3n) is 4.94. The van der Waals surface area contributed by atoms with Gasteiger partial charge in [0, 0.05) is 25.6 Å². The van der Waals surface area contributed by atoms with E-state index in [4.69, 9.17) is 5.11 Å². The Morgan fingerprint density at radius 1 is 1.24 bits per heavy atom. The van der Waals surface area contributed by atoms with Crippen LogP contribution in [-0.4, -0.2) is 41.1 Å². The number of carboxylic acid groups (broad SMARTS) is 1. The molecular weight excluding hydrogens is 268 g/mol. The molecule has 1 saturated heterocycles. The highest BCUT2D eigenvalue weighted by molar-refractivity contribution is 5.75. The van der Waals surface area contributed by atoms with Crippen LogP contribution in [0.25, 0.3) is 0 Å². The predicted octanol–water partition coefficient (Wildman–Crippen LogP) is 2.85. The minimum absolute atomic E-state index is 0.00482. The van der Waals surface area contributed by atoms with Gasteiger partial charge in [0.1, 0.15) is 0 Å². The number of carboxylic acids is 1. The van der Waals surface area contributed by atoms with Crippen molar-refractivity contribution < 1.29 is 14.7 Å². The van der Waals surface area contributed by atoms with Gasteiger partial charge in [-0.2, -0.15) is 0 Å². The first-order valence-corrected chi connectivity index (χ1v) is 8.13. The van der Waals surface area contributed by atoms with E-state index in [0.29, 0.717) is 12.0 Å². The molecule has 1 aliphatic carbocycles. The Bertz CT molecular complexity index is 385. The summed E-state index contributed by atoms with van der Waals surface area (Å²) >= 11 is 0. The van der Waals surface area contributed by atoms with Crippen LogP contribution in [0.2, 0.25) is 0 Å². The van der Waals surface area contributed by atoms with Crippen LogP contribution in [-0.2, 0) is 4.79 Å². The maximum Gasteiger partial charge on any atom is 0.317 e. The van der Waals surface area contributed by atoms with Gasteiger partial charge in [0.15, 0.2) is 0 Å². The maximum absolute atomic E-state index is 12.3. The van der Waals surface area contributed by atoms with E-state index in [0.717, 1.165) is 45.1 Å². The zero-order valence-corrected chi connectivity index (χ0v) is 13.2. The number of amides is 2. The van der Waals surface area contributed by atoms with Crippen LogP contribution in [0, 0.1) is 11.3 Å². The van der Waals surface area contributed by atoms with Crippen molar-refractivity contribution in [2.24, 2.45) is 11.3 Å². The number of carbonyl (C=O) groups is 2. The van der Waals surface area contributed by atoms with Gasteiger partial charge in [-0.3, -0.25) is 4.79 Å². The van der Waals surface area contributed by atoms with Crippen molar-refractivity contribution in [3.8, 4) is 0 Å². The Balaban J connectivity index is 1.79. The van der Waals surface area contributed by atoms with E-state index in [-0.39, 0.29) is 24.4 Å². The summed E-state index contributed by atoms with van der Waals surface area (Å²) in [6.07, 6.45) is 6.38. The second kappa shape index (κ2) is 6.67. The third-order valence-corrected chi connectivity index (χ3v) is 4.94. The highest BCUT2D eigenvalue weighted by Gasteiger charge is 2.30. The fourth-order valence-electron chi connectivity index (χ4n) is 3.47. The Hall–Kier alpha value is -1.26. The smallest absolute Gasteiger partial charge is 0.317 e. The second-order valence-electron chi connectivity index (χ2n) is 7.44. The highest BCUT2D eigenvalue weighted by atomic mass is 16.4. The molecule has 5 nitrogen and oxygen atoms in total. The van der Waals surface area contributed by atoms with Crippen molar-refractivity contribution in [2.45, 2.75) is 64.8 Å². The van der Waals surface area contributed by atoms with Crippen molar-refractivity contribution in [2.75, 3.05) is 13.1 Å². The van der Waals surface area contributed by atoms with Crippen LogP contribution in [0.3, 0.4) is 0 Å². The van der Waals surface area contributed by atoms with Crippen molar-refractivity contribution in [1.29, 1.82) is 0 Å². The number of rotatable bonds is 3. The fourth-order valence-corrected chi connectivity index (χ4v) is 3.47. The Kier molecular flexibility index (Phi) is 5.12. The van der Waals surface area contributed by atoms with E-state index < -0.39 is 5.97 Å². The number of carbonyl (C=O) groups excluding carboxylic acids is 1. The summed E-state index contributed by atoms with van der Waals surface area (Å²) in [6, 6.07) is 0.278. The molecule has 21 heavy (non-hydrogen) atoms. The van der Waals surface area contributed by atoms with Gasteiger partial charge in [-0.25, -0.2) is 4.79 Å². The zero-order valence-electron chi connectivity index (χ0n) is 13.2. The number of nitrogens with zero attached hydrogens (tertiary/aromatic N) is 1. The summed E-state index contributed by atoms with van der Waals surface area (Å²) in [5.74, 6) is -0.663. The standard InChI is InChI=1S/C16H28N2O3/c1-16(2)7-5-13(6-8-16)17-15(21)18-9-3-4-12(11-18)10-14(19)20/h12-13H,3-11H2,1-2H3,(H,17,21)(H,19,20). The minimum atomic E-state index is -0.767. The molecule has 1 aliphatic heterocycles. The van der Waals surface area contributed by atoms with Crippen LogP contribution in [0.5, 0.6) is 0 Å². The number of likely N-dealkylation sites (tertiary alicyclic amines) is 1. The number of urea groups is 1. The predicted molar refractivity (Wildman–Crippen MR) is 81.1 cm³/mol. The van der Waals surface area contributed by atoms with Gasteiger partial charge in [0.25, 0.3) is 0 Å². The number of aliphatic carboxylic acids is 1. The quantitative estimate of drug-likeness (QED) is 0.841. The number of nitrogens with one attached hydrogen (secondary N) is 1. The first-order chi connectivity index (χ1) is 9.85. The summed E-state index contributed by atoms with van der Waals surface area (Å²) < 4.78 is 0. The average Bonchev–Trinajstić information content (AvgIpc) is 2.41. The average molecular weight is 296 g/mol.